The summed E-state index contributed by atoms with van der Waals surface area (Å²) in [7, 11) is 0. The van der Waals surface area contributed by atoms with E-state index < -0.39 is 0 Å². The molecule has 0 amide bonds. The van der Waals surface area contributed by atoms with Crippen molar-refractivity contribution >= 4 is 0 Å². The van der Waals surface area contributed by atoms with Crippen molar-refractivity contribution in [3.8, 4) is 0 Å². The van der Waals surface area contributed by atoms with Crippen LogP contribution in [0, 0.1) is 0 Å². The standard InChI is InChI=1S/C4H7N.C2H6/c1-2-3-4-5;1-2/h2-4H,1,5H2;1-2H3/b4-3-;. The first-order chi connectivity index (χ1) is 3.41. The van der Waals surface area contributed by atoms with Crippen LogP contribution in [0.4, 0.5) is 0 Å². The summed E-state index contributed by atoms with van der Waals surface area (Å²) < 4.78 is 0. The SMILES string of the molecule is C=C/C=C\N.CC. The maximum Gasteiger partial charge on any atom is -0.00626 e. The van der Waals surface area contributed by atoms with Crippen LogP contribution in [0.2, 0.25) is 0 Å². The molecule has 0 fully saturated rings. The van der Waals surface area contributed by atoms with E-state index in [0.717, 1.165) is 0 Å². The van der Waals surface area contributed by atoms with E-state index in [2.05, 4.69) is 6.58 Å². The van der Waals surface area contributed by atoms with Crippen molar-refractivity contribution in [2.24, 2.45) is 5.73 Å². The van der Waals surface area contributed by atoms with Crippen LogP contribution in [0.25, 0.3) is 0 Å². The Labute approximate surface area is 45.5 Å². The average molecular weight is 99.2 g/mol. The lowest BCUT2D eigenvalue weighted by atomic mass is 10.6. The molecule has 1 nitrogen and oxygen atoms in total. The Morgan fingerprint density at radius 3 is 1.86 bits per heavy atom. The fraction of sp³-hybridized carbons (Fsp3) is 0.333. The molecule has 0 unspecified atom stereocenters. The smallest absolute Gasteiger partial charge is 0.00626 e. The summed E-state index contributed by atoms with van der Waals surface area (Å²) >= 11 is 0. The Kier molecular flexibility index (Phi) is 25.4. The highest BCUT2D eigenvalue weighted by molar-refractivity contribution is 4.93. The van der Waals surface area contributed by atoms with Crippen LogP contribution >= 0.6 is 0 Å². The number of hydrogen-bond donors (Lipinski definition) is 1. The van der Waals surface area contributed by atoms with E-state index in [0.29, 0.717) is 0 Å². The van der Waals surface area contributed by atoms with Crippen molar-refractivity contribution in [2.45, 2.75) is 13.8 Å². The number of allylic oxidation sites excluding steroid dienone is 2. The van der Waals surface area contributed by atoms with Gasteiger partial charge in [0.1, 0.15) is 0 Å². The Hall–Kier alpha value is -0.720. The third kappa shape index (κ3) is 34.7. The van der Waals surface area contributed by atoms with Gasteiger partial charge in [-0.2, -0.15) is 0 Å². The van der Waals surface area contributed by atoms with Gasteiger partial charge in [0.15, 0.2) is 0 Å². The molecule has 0 atom stereocenters. The summed E-state index contributed by atoms with van der Waals surface area (Å²) in [5.41, 5.74) is 4.89. The fourth-order valence-corrected chi connectivity index (χ4v) is 0.0786. The van der Waals surface area contributed by atoms with Crippen LogP contribution in [0.3, 0.4) is 0 Å². The van der Waals surface area contributed by atoms with Crippen LogP contribution in [-0.4, -0.2) is 0 Å². The molecule has 0 aromatic heterocycles. The highest BCUT2D eigenvalue weighted by atomic mass is 14.5. The van der Waals surface area contributed by atoms with E-state index in [1.807, 2.05) is 13.8 Å². The van der Waals surface area contributed by atoms with E-state index in [4.69, 9.17) is 5.73 Å². The Morgan fingerprint density at radius 1 is 1.43 bits per heavy atom. The minimum absolute atomic E-state index is 1.44. The first kappa shape index (κ1) is 9.56. The minimum Gasteiger partial charge on any atom is -0.405 e. The predicted molar refractivity (Wildman–Crippen MR) is 34.9 cm³/mol. The molecule has 1 heteroatoms. The fourth-order valence-electron chi connectivity index (χ4n) is 0.0786. The molecule has 0 spiro atoms. The molecule has 0 aromatic carbocycles. The summed E-state index contributed by atoms with van der Waals surface area (Å²) in [5, 5.41) is 0. The van der Waals surface area contributed by atoms with Crippen molar-refractivity contribution < 1.29 is 0 Å². The molecule has 0 radical (unpaired) electrons. The largest absolute Gasteiger partial charge is 0.405 e. The maximum atomic E-state index is 4.89. The first-order valence-electron chi connectivity index (χ1n) is 2.41. The molecule has 0 heterocycles. The molecule has 0 rings (SSSR count). The van der Waals surface area contributed by atoms with Crippen molar-refractivity contribution in [1.82, 2.24) is 0 Å². The van der Waals surface area contributed by atoms with Crippen molar-refractivity contribution in [1.29, 1.82) is 0 Å². The maximum absolute atomic E-state index is 4.89. The number of rotatable bonds is 1. The van der Waals surface area contributed by atoms with Crippen LogP contribution in [0.5, 0.6) is 0 Å². The topological polar surface area (TPSA) is 26.0 Å². The van der Waals surface area contributed by atoms with E-state index in [9.17, 15) is 0 Å². The normalized spacial score (nSPS) is 7.14. The molecule has 0 bridgehead atoms. The van der Waals surface area contributed by atoms with Gasteiger partial charge in [0.05, 0.1) is 0 Å². The summed E-state index contributed by atoms with van der Waals surface area (Å²) in [5.74, 6) is 0. The first-order valence-corrected chi connectivity index (χ1v) is 2.41. The molecule has 42 valence electrons. The van der Waals surface area contributed by atoms with Gasteiger partial charge < -0.3 is 5.73 Å². The van der Waals surface area contributed by atoms with Crippen molar-refractivity contribution in [3.05, 3.63) is 24.9 Å². The molecule has 0 saturated heterocycles. The Bertz CT molecular complexity index is 46.1. The summed E-state index contributed by atoms with van der Waals surface area (Å²) in [6.07, 6.45) is 4.73. The molecule has 2 N–H and O–H groups in total. The lowest BCUT2D eigenvalue weighted by Gasteiger charge is -1.58. The highest BCUT2D eigenvalue weighted by Crippen LogP contribution is 1.58. The van der Waals surface area contributed by atoms with Crippen LogP contribution < -0.4 is 5.73 Å². The third-order valence-electron chi connectivity index (χ3n) is 0.247. The zero-order chi connectivity index (χ0) is 6.12. The molecule has 0 aromatic rings. The van der Waals surface area contributed by atoms with Crippen LogP contribution in [-0.2, 0) is 0 Å². The third-order valence-corrected chi connectivity index (χ3v) is 0.247. The molecule has 0 aliphatic rings. The van der Waals surface area contributed by atoms with Gasteiger partial charge >= 0.3 is 0 Å². The summed E-state index contributed by atoms with van der Waals surface area (Å²) in [6.45, 7) is 7.38. The minimum atomic E-state index is 1.44. The number of nitrogens with two attached hydrogens (primary N) is 1. The Morgan fingerprint density at radius 2 is 1.86 bits per heavy atom. The second-order valence-corrected chi connectivity index (χ2v) is 0.621. The zero-order valence-electron chi connectivity index (χ0n) is 5.02. The van der Waals surface area contributed by atoms with E-state index in [1.165, 1.54) is 6.20 Å². The number of hydrogen-bond acceptors (Lipinski definition) is 1. The van der Waals surface area contributed by atoms with Gasteiger partial charge in [-0.25, -0.2) is 0 Å². The average Bonchev–Trinajstić information content (AvgIpc) is 1.75. The molecule has 0 saturated carbocycles. The van der Waals surface area contributed by atoms with Gasteiger partial charge in [-0.05, 0) is 12.3 Å². The molecule has 0 aliphatic carbocycles. The molecular formula is C6H13N. The van der Waals surface area contributed by atoms with Gasteiger partial charge in [0.25, 0.3) is 0 Å². The highest BCUT2D eigenvalue weighted by Gasteiger charge is 1.41. The second kappa shape index (κ2) is 18.6. The quantitative estimate of drug-likeness (QED) is 0.497. The van der Waals surface area contributed by atoms with Gasteiger partial charge in [-0.1, -0.05) is 26.5 Å². The summed E-state index contributed by atoms with van der Waals surface area (Å²) in [6, 6.07) is 0. The molecule has 0 aliphatic heterocycles. The van der Waals surface area contributed by atoms with Gasteiger partial charge in [-0.15, -0.1) is 0 Å². The van der Waals surface area contributed by atoms with E-state index >= 15 is 0 Å². The van der Waals surface area contributed by atoms with Crippen LogP contribution in [0.15, 0.2) is 24.9 Å². The van der Waals surface area contributed by atoms with Crippen molar-refractivity contribution in [2.75, 3.05) is 0 Å². The molecule has 7 heavy (non-hydrogen) atoms. The zero-order valence-corrected chi connectivity index (χ0v) is 5.02. The van der Waals surface area contributed by atoms with Gasteiger partial charge in [0, 0.05) is 0 Å². The lowest BCUT2D eigenvalue weighted by molar-refractivity contribution is 1.50. The Balaban J connectivity index is 0. The van der Waals surface area contributed by atoms with E-state index in [-0.39, 0.29) is 0 Å². The molecular weight excluding hydrogens is 86.1 g/mol. The predicted octanol–water partition coefficient (Wildman–Crippen LogP) is 1.67. The van der Waals surface area contributed by atoms with Crippen LogP contribution in [0.1, 0.15) is 13.8 Å². The van der Waals surface area contributed by atoms with E-state index in [1.54, 1.807) is 12.2 Å². The van der Waals surface area contributed by atoms with Gasteiger partial charge in [0.2, 0.25) is 0 Å². The summed E-state index contributed by atoms with van der Waals surface area (Å²) in [4.78, 5) is 0. The second-order valence-electron chi connectivity index (χ2n) is 0.621. The lowest BCUT2D eigenvalue weighted by Crippen LogP contribution is -1.71. The van der Waals surface area contributed by atoms with Crippen molar-refractivity contribution in [3.63, 3.8) is 0 Å². The monoisotopic (exact) mass is 99.1 g/mol. The van der Waals surface area contributed by atoms with Gasteiger partial charge in [-0.3, -0.25) is 0 Å².